The molecule has 0 bridgehead atoms. The van der Waals surface area contributed by atoms with Crippen molar-refractivity contribution < 1.29 is 0 Å². The first-order valence-electron chi connectivity index (χ1n) is 6.89. The van der Waals surface area contributed by atoms with Crippen LogP contribution in [0.5, 0.6) is 0 Å². The Bertz CT molecular complexity index is 76.8. The van der Waals surface area contributed by atoms with E-state index in [4.69, 9.17) is 11.6 Å². The zero-order valence-electron chi connectivity index (χ0n) is 11.9. The van der Waals surface area contributed by atoms with Gasteiger partial charge >= 0.3 is 0 Å². The molecule has 0 amide bonds. The average Bonchev–Trinajstić information content (AvgIpc) is 2.28. The van der Waals surface area contributed by atoms with Gasteiger partial charge in [0.2, 0.25) is 0 Å². The standard InChI is InChI=1S/C10H21Cl.C4H10.H3N/c1-2-3-4-5-6-7-8-9-10-11;1-3-4-2;/h2-10H2,1H3;3-4H2,1-2H3;1H3. The van der Waals surface area contributed by atoms with Gasteiger partial charge in [-0.25, -0.2) is 0 Å². The van der Waals surface area contributed by atoms with Gasteiger partial charge in [-0.3, -0.25) is 0 Å². The van der Waals surface area contributed by atoms with Crippen molar-refractivity contribution in [1.82, 2.24) is 6.15 Å². The Labute approximate surface area is 109 Å². The predicted octanol–water partition coefficient (Wildman–Crippen LogP) is 6.33. The summed E-state index contributed by atoms with van der Waals surface area (Å²) in [5.41, 5.74) is 0. The number of rotatable bonds is 9. The normalized spacial score (nSPS) is 9.00. The van der Waals surface area contributed by atoms with Crippen LogP contribution in [0.3, 0.4) is 0 Å². The lowest BCUT2D eigenvalue weighted by atomic mass is 10.1. The molecule has 0 aliphatic rings. The number of unbranched alkanes of at least 4 members (excludes halogenated alkanes) is 8. The molecule has 0 saturated heterocycles. The fraction of sp³-hybridized carbons (Fsp3) is 1.00. The van der Waals surface area contributed by atoms with E-state index in [0.717, 1.165) is 5.88 Å². The molecule has 0 atom stereocenters. The minimum absolute atomic E-state index is 0. The molecule has 102 valence electrons. The third-order valence-corrected chi connectivity index (χ3v) is 2.75. The number of hydrogen-bond donors (Lipinski definition) is 1. The Balaban J connectivity index is -0.000000292. The predicted molar refractivity (Wildman–Crippen MR) is 78.9 cm³/mol. The second-order valence-electron chi connectivity index (χ2n) is 4.16. The van der Waals surface area contributed by atoms with E-state index in [1.807, 2.05) is 0 Å². The Morgan fingerprint density at radius 3 is 1.25 bits per heavy atom. The number of hydrogen-bond acceptors (Lipinski definition) is 1. The molecule has 0 aromatic carbocycles. The molecule has 0 aliphatic carbocycles. The van der Waals surface area contributed by atoms with Crippen molar-refractivity contribution in [2.75, 3.05) is 5.88 Å². The quantitative estimate of drug-likeness (QED) is 0.377. The first-order chi connectivity index (χ1) is 7.33. The zero-order chi connectivity index (χ0) is 11.8. The maximum absolute atomic E-state index is 5.56. The van der Waals surface area contributed by atoms with Crippen LogP contribution >= 0.6 is 11.6 Å². The third-order valence-electron chi connectivity index (χ3n) is 2.49. The summed E-state index contributed by atoms with van der Waals surface area (Å²) in [5, 5.41) is 0. The molecule has 2 heteroatoms. The molecular formula is C14H34ClN. The van der Waals surface area contributed by atoms with Gasteiger partial charge in [-0.1, -0.05) is 78.6 Å². The van der Waals surface area contributed by atoms with Gasteiger partial charge in [0.25, 0.3) is 0 Å². The first-order valence-corrected chi connectivity index (χ1v) is 7.42. The van der Waals surface area contributed by atoms with Gasteiger partial charge in [0, 0.05) is 5.88 Å². The maximum Gasteiger partial charge on any atom is 0.0223 e. The zero-order valence-corrected chi connectivity index (χ0v) is 12.6. The summed E-state index contributed by atoms with van der Waals surface area (Å²) >= 11 is 5.56. The minimum atomic E-state index is 0. The van der Waals surface area contributed by atoms with Crippen LogP contribution in [-0.4, -0.2) is 5.88 Å². The van der Waals surface area contributed by atoms with Gasteiger partial charge in [-0.15, -0.1) is 11.6 Å². The van der Waals surface area contributed by atoms with E-state index in [-0.39, 0.29) is 6.15 Å². The largest absolute Gasteiger partial charge is 0.344 e. The van der Waals surface area contributed by atoms with Gasteiger partial charge in [0.15, 0.2) is 0 Å². The SMILES string of the molecule is CCCC.CCCCCCCCCCCl.N. The van der Waals surface area contributed by atoms with Crippen LogP contribution < -0.4 is 6.15 Å². The fourth-order valence-electron chi connectivity index (χ4n) is 1.23. The molecule has 0 saturated carbocycles. The maximum atomic E-state index is 5.56. The highest BCUT2D eigenvalue weighted by Gasteiger charge is 1.89. The average molecular weight is 252 g/mol. The summed E-state index contributed by atoms with van der Waals surface area (Å²) < 4.78 is 0. The van der Waals surface area contributed by atoms with Gasteiger partial charge in [-0.2, -0.15) is 0 Å². The molecule has 0 radical (unpaired) electrons. The summed E-state index contributed by atoms with van der Waals surface area (Å²) in [6.07, 6.45) is 13.6. The van der Waals surface area contributed by atoms with Gasteiger partial charge in [0.1, 0.15) is 0 Å². The van der Waals surface area contributed by atoms with Crippen LogP contribution in [0, 0.1) is 0 Å². The lowest BCUT2D eigenvalue weighted by Gasteiger charge is -1.98. The molecule has 0 aliphatic heterocycles. The van der Waals surface area contributed by atoms with Crippen LogP contribution in [-0.2, 0) is 0 Å². The van der Waals surface area contributed by atoms with E-state index in [1.165, 1.54) is 64.2 Å². The van der Waals surface area contributed by atoms with Crippen LogP contribution in [0.25, 0.3) is 0 Å². The van der Waals surface area contributed by atoms with E-state index >= 15 is 0 Å². The Hall–Kier alpha value is 0.250. The van der Waals surface area contributed by atoms with Gasteiger partial charge < -0.3 is 6.15 Å². The number of halogens is 1. The van der Waals surface area contributed by atoms with E-state index in [1.54, 1.807) is 0 Å². The fourth-order valence-corrected chi connectivity index (χ4v) is 1.42. The van der Waals surface area contributed by atoms with Crippen molar-refractivity contribution in [3.63, 3.8) is 0 Å². The molecule has 1 nitrogen and oxygen atoms in total. The Morgan fingerprint density at radius 2 is 0.938 bits per heavy atom. The molecular weight excluding hydrogens is 218 g/mol. The summed E-state index contributed by atoms with van der Waals surface area (Å²) in [7, 11) is 0. The second-order valence-corrected chi connectivity index (χ2v) is 4.54. The lowest BCUT2D eigenvalue weighted by molar-refractivity contribution is 0.586. The summed E-state index contributed by atoms with van der Waals surface area (Å²) in [6.45, 7) is 6.62. The third kappa shape index (κ3) is 29.2. The molecule has 16 heavy (non-hydrogen) atoms. The van der Waals surface area contributed by atoms with Gasteiger partial charge in [-0.05, 0) is 6.42 Å². The molecule has 0 rings (SSSR count). The summed E-state index contributed by atoms with van der Waals surface area (Å²) in [6, 6.07) is 0. The van der Waals surface area contributed by atoms with Gasteiger partial charge in [0.05, 0.1) is 0 Å². The summed E-state index contributed by atoms with van der Waals surface area (Å²) in [4.78, 5) is 0. The second kappa shape index (κ2) is 24.5. The topological polar surface area (TPSA) is 35.0 Å². The molecule has 0 spiro atoms. The molecule has 0 unspecified atom stereocenters. The van der Waals surface area contributed by atoms with Crippen molar-refractivity contribution >= 4 is 11.6 Å². The van der Waals surface area contributed by atoms with E-state index in [0.29, 0.717) is 0 Å². The molecule has 0 heterocycles. The van der Waals surface area contributed by atoms with E-state index in [2.05, 4.69) is 20.8 Å². The smallest absolute Gasteiger partial charge is 0.0223 e. The first kappa shape index (κ1) is 21.5. The molecule has 0 aromatic rings. The van der Waals surface area contributed by atoms with Crippen molar-refractivity contribution in [2.45, 2.75) is 85.0 Å². The highest BCUT2D eigenvalue weighted by atomic mass is 35.5. The molecule has 0 fully saturated rings. The Morgan fingerprint density at radius 1 is 0.562 bits per heavy atom. The highest BCUT2D eigenvalue weighted by Crippen LogP contribution is 2.08. The molecule has 3 N–H and O–H groups in total. The number of alkyl halides is 1. The Kier molecular flexibility index (Phi) is 32.9. The van der Waals surface area contributed by atoms with Crippen LogP contribution in [0.2, 0.25) is 0 Å². The van der Waals surface area contributed by atoms with Crippen LogP contribution in [0.4, 0.5) is 0 Å². The van der Waals surface area contributed by atoms with E-state index in [9.17, 15) is 0 Å². The van der Waals surface area contributed by atoms with Crippen molar-refractivity contribution in [3.05, 3.63) is 0 Å². The van der Waals surface area contributed by atoms with Crippen molar-refractivity contribution in [1.29, 1.82) is 0 Å². The van der Waals surface area contributed by atoms with Crippen LogP contribution in [0.15, 0.2) is 0 Å². The minimum Gasteiger partial charge on any atom is -0.344 e. The highest BCUT2D eigenvalue weighted by molar-refractivity contribution is 6.17. The monoisotopic (exact) mass is 251 g/mol. The van der Waals surface area contributed by atoms with Crippen LogP contribution in [0.1, 0.15) is 85.0 Å². The molecule has 0 aromatic heterocycles. The van der Waals surface area contributed by atoms with Crippen molar-refractivity contribution in [2.24, 2.45) is 0 Å². The lowest BCUT2D eigenvalue weighted by Crippen LogP contribution is -1.80. The van der Waals surface area contributed by atoms with E-state index < -0.39 is 0 Å². The van der Waals surface area contributed by atoms with Crippen molar-refractivity contribution in [3.8, 4) is 0 Å². The summed E-state index contributed by atoms with van der Waals surface area (Å²) in [5.74, 6) is 0.842.